The Bertz CT molecular complexity index is 1140. The molecule has 0 atom stereocenters. The number of anilines is 1. The number of hydrogen-bond donors (Lipinski definition) is 1. The second-order valence-electron chi connectivity index (χ2n) is 7.01. The van der Waals surface area contributed by atoms with E-state index < -0.39 is 0 Å². The highest BCUT2D eigenvalue weighted by Crippen LogP contribution is 2.35. The highest BCUT2D eigenvalue weighted by atomic mass is 19.1. The molecule has 4 aromatic rings. The number of fused-ring (bicyclic) bond motifs is 1. The first-order chi connectivity index (χ1) is 14.3. The van der Waals surface area contributed by atoms with Gasteiger partial charge in [-0.3, -0.25) is 0 Å². The molecule has 0 unspecified atom stereocenters. The minimum absolute atomic E-state index is 0.253. The molecule has 1 aliphatic rings. The van der Waals surface area contributed by atoms with Crippen molar-refractivity contribution < 1.29 is 9.13 Å². The summed E-state index contributed by atoms with van der Waals surface area (Å²) in [5, 5.41) is 8.11. The van der Waals surface area contributed by atoms with Crippen LogP contribution >= 0.6 is 0 Å². The van der Waals surface area contributed by atoms with E-state index >= 15 is 0 Å². The number of rotatable bonds is 5. The second-order valence-corrected chi connectivity index (χ2v) is 7.01. The Morgan fingerprint density at radius 3 is 2.48 bits per heavy atom. The first kappa shape index (κ1) is 17.5. The van der Waals surface area contributed by atoms with Crippen molar-refractivity contribution in [2.24, 2.45) is 0 Å². The molecule has 144 valence electrons. The van der Waals surface area contributed by atoms with Crippen LogP contribution in [0.4, 0.5) is 10.2 Å². The maximum atomic E-state index is 14.3. The number of hydrogen-bond acceptors (Lipinski definition) is 3. The van der Waals surface area contributed by atoms with Gasteiger partial charge in [-0.05, 0) is 48.4 Å². The van der Waals surface area contributed by atoms with Crippen LogP contribution in [0.3, 0.4) is 0 Å². The van der Waals surface area contributed by atoms with E-state index in [1.807, 2.05) is 65.3 Å². The van der Waals surface area contributed by atoms with Crippen molar-refractivity contribution in [1.29, 1.82) is 0 Å². The summed E-state index contributed by atoms with van der Waals surface area (Å²) in [7, 11) is 0. The highest BCUT2D eigenvalue weighted by Gasteiger charge is 2.25. The van der Waals surface area contributed by atoms with E-state index in [0.717, 1.165) is 41.3 Å². The van der Waals surface area contributed by atoms with E-state index in [1.54, 1.807) is 12.1 Å². The van der Waals surface area contributed by atoms with Crippen LogP contribution in [0.15, 0.2) is 78.9 Å². The van der Waals surface area contributed by atoms with Crippen molar-refractivity contribution in [3.8, 4) is 22.7 Å². The minimum Gasteiger partial charge on any atom is -0.489 e. The summed E-state index contributed by atoms with van der Waals surface area (Å²) in [4.78, 5) is 0. The summed E-state index contributed by atoms with van der Waals surface area (Å²) in [6, 6.07) is 24.7. The molecule has 4 nitrogen and oxygen atoms in total. The van der Waals surface area contributed by atoms with Gasteiger partial charge in [0.25, 0.3) is 0 Å². The molecule has 0 fully saturated rings. The number of benzene rings is 3. The van der Waals surface area contributed by atoms with E-state index in [2.05, 4.69) is 5.32 Å². The predicted octanol–water partition coefficient (Wildman–Crippen LogP) is 5.23. The Hall–Kier alpha value is -3.60. The molecule has 0 bridgehead atoms. The number of nitrogens with zero attached hydrogens (tertiary/aromatic N) is 2. The molecule has 0 aliphatic carbocycles. The SMILES string of the molecule is Fc1ccccc1-c1nn(-c2ccc(OCc3ccccc3)cc2)c2c1CCN2. The van der Waals surface area contributed by atoms with Crippen molar-refractivity contribution >= 4 is 5.82 Å². The monoisotopic (exact) mass is 385 g/mol. The van der Waals surface area contributed by atoms with Gasteiger partial charge < -0.3 is 10.1 Å². The standard InChI is InChI=1S/C24H20FN3O/c25-22-9-5-4-8-20(22)23-21-14-15-26-24(21)28(27-23)18-10-12-19(13-11-18)29-16-17-6-2-1-3-7-17/h1-13,26H,14-16H2. The number of nitrogens with one attached hydrogen (secondary N) is 1. The second kappa shape index (κ2) is 7.43. The molecule has 5 rings (SSSR count). The molecule has 0 saturated carbocycles. The first-order valence-electron chi connectivity index (χ1n) is 9.67. The molecule has 0 saturated heterocycles. The molecule has 1 N–H and O–H groups in total. The average molecular weight is 385 g/mol. The van der Waals surface area contributed by atoms with Gasteiger partial charge in [0.05, 0.1) is 5.69 Å². The van der Waals surface area contributed by atoms with Gasteiger partial charge in [0, 0.05) is 17.7 Å². The molecular weight excluding hydrogens is 365 g/mol. The third-order valence-electron chi connectivity index (χ3n) is 5.11. The molecular formula is C24H20FN3O. The van der Waals surface area contributed by atoms with Crippen LogP contribution in [0.2, 0.25) is 0 Å². The summed E-state index contributed by atoms with van der Waals surface area (Å²) in [5.74, 6) is 1.47. The maximum Gasteiger partial charge on any atom is 0.133 e. The van der Waals surface area contributed by atoms with Gasteiger partial charge in [0.1, 0.15) is 29.7 Å². The minimum atomic E-state index is -0.253. The van der Waals surface area contributed by atoms with E-state index in [4.69, 9.17) is 9.84 Å². The fraction of sp³-hybridized carbons (Fsp3) is 0.125. The molecule has 0 spiro atoms. The van der Waals surface area contributed by atoms with Crippen LogP contribution in [-0.4, -0.2) is 16.3 Å². The molecule has 2 heterocycles. The zero-order valence-electron chi connectivity index (χ0n) is 15.8. The van der Waals surface area contributed by atoms with Gasteiger partial charge in [0.15, 0.2) is 0 Å². The molecule has 29 heavy (non-hydrogen) atoms. The van der Waals surface area contributed by atoms with Crippen LogP contribution in [-0.2, 0) is 13.0 Å². The van der Waals surface area contributed by atoms with Crippen LogP contribution in [0.25, 0.3) is 16.9 Å². The van der Waals surface area contributed by atoms with Crippen molar-refractivity contribution in [2.75, 3.05) is 11.9 Å². The Morgan fingerprint density at radius 2 is 1.69 bits per heavy atom. The van der Waals surface area contributed by atoms with Crippen molar-refractivity contribution in [3.63, 3.8) is 0 Å². The molecule has 5 heteroatoms. The number of ether oxygens (including phenoxy) is 1. The van der Waals surface area contributed by atoms with Gasteiger partial charge in [-0.1, -0.05) is 42.5 Å². The largest absolute Gasteiger partial charge is 0.489 e. The van der Waals surface area contributed by atoms with Gasteiger partial charge in [-0.2, -0.15) is 5.10 Å². The molecule has 0 amide bonds. The third kappa shape index (κ3) is 3.36. The fourth-order valence-electron chi connectivity index (χ4n) is 3.66. The molecule has 1 aliphatic heterocycles. The van der Waals surface area contributed by atoms with Gasteiger partial charge >= 0.3 is 0 Å². The smallest absolute Gasteiger partial charge is 0.133 e. The predicted molar refractivity (Wildman–Crippen MR) is 112 cm³/mol. The lowest BCUT2D eigenvalue weighted by atomic mass is 10.1. The lowest BCUT2D eigenvalue weighted by Crippen LogP contribution is -2.04. The summed E-state index contributed by atoms with van der Waals surface area (Å²) in [5.41, 5.74) is 4.33. The quantitative estimate of drug-likeness (QED) is 0.512. The Kier molecular flexibility index (Phi) is 4.48. The summed E-state index contributed by atoms with van der Waals surface area (Å²) in [6.45, 7) is 1.35. The van der Waals surface area contributed by atoms with E-state index in [1.165, 1.54) is 6.07 Å². The Morgan fingerprint density at radius 1 is 0.931 bits per heavy atom. The fourth-order valence-corrected chi connectivity index (χ4v) is 3.66. The van der Waals surface area contributed by atoms with Crippen molar-refractivity contribution in [1.82, 2.24) is 9.78 Å². The van der Waals surface area contributed by atoms with E-state index in [-0.39, 0.29) is 5.82 Å². The Labute approximate surface area is 168 Å². The molecule has 3 aromatic carbocycles. The normalized spacial score (nSPS) is 12.4. The lowest BCUT2D eigenvalue weighted by Gasteiger charge is -2.09. The molecule has 1 aromatic heterocycles. The zero-order chi connectivity index (χ0) is 19.6. The van der Waals surface area contributed by atoms with Crippen LogP contribution in [0, 0.1) is 5.82 Å². The number of aromatic nitrogens is 2. The van der Waals surface area contributed by atoms with Gasteiger partial charge in [-0.15, -0.1) is 0 Å². The van der Waals surface area contributed by atoms with Crippen molar-refractivity contribution in [2.45, 2.75) is 13.0 Å². The van der Waals surface area contributed by atoms with Gasteiger partial charge in [0.2, 0.25) is 0 Å². The molecule has 0 radical (unpaired) electrons. The number of halogens is 1. The van der Waals surface area contributed by atoms with Crippen LogP contribution < -0.4 is 10.1 Å². The van der Waals surface area contributed by atoms with Crippen molar-refractivity contribution in [3.05, 3.63) is 95.8 Å². The van der Waals surface area contributed by atoms with Crippen LogP contribution in [0.5, 0.6) is 5.75 Å². The van der Waals surface area contributed by atoms with E-state index in [9.17, 15) is 4.39 Å². The van der Waals surface area contributed by atoms with Crippen LogP contribution in [0.1, 0.15) is 11.1 Å². The topological polar surface area (TPSA) is 39.1 Å². The summed E-state index contributed by atoms with van der Waals surface area (Å²) in [6.07, 6.45) is 0.831. The average Bonchev–Trinajstić information content (AvgIpc) is 3.37. The summed E-state index contributed by atoms with van der Waals surface area (Å²) < 4.78 is 22.1. The van der Waals surface area contributed by atoms with Gasteiger partial charge in [-0.25, -0.2) is 9.07 Å². The first-order valence-corrected chi connectivity index (χ1v) is 9.67. The van der Waals surface area contributed by atoms with E-state index in [0.29, 0.717) is 17.9 Å². The zero-order valence-corrected chi connectivity index (χ0v) is 15.8. The third-order valence-corrected chi connectivity index (χ3v) is 5.11. The maximum absolute atomic E-state index is 14.3. The highest BCUT2D eigenvalue weighted by molar-refractivity contribution is 5.73. The summed E-state index contributed by atoms with van der Waals surface area (Å²) >= 11 is 0. The lowest BCUT2D eigenvalue weighted by molar-refractivity contribution is 0.306. The Balaban J connectivity index is 1.43.